The summed E-state index contributed by atoms with van der Waals surface area (Å²) in [6, 6.07) is 19.8. The van der Waals surface area contributed by atoms with E-state index in [1.807, 2.05) is 35.2 Å². The third kappa shape index (κ3) is 4.09. The Bertz CT molecular complexity index is 911. The Hall–Kier alpha value is -3.08. The van der Waals surface area contributed by atoms with Crippen LogP contribution in [0.4, 0.5) is 0 Å². The molecule has 0 spiro atoms. The number of carbonyl (C=O) groups is 1. The molecule has 4 rings (SSSR count). The summed E-state index contributed by atoms with van der Waals surface area (Å²) in [4.78, 5) is 14.7. The maximum absolute atomic E-state index is 12.8. The van der Waals surface area contributed by atoms with Crippen LogP contribution >= 0.6 is 0 Å². The van der Waals surface area contributed by atoms with Crippen LogP contribution in [-0.2, 0) is 6.42 Å². The summed E-state index contributed by atoms with van der Waals surface area (Å²) in [7, 11) is 1.63. The summed E-state index contributed by atoms with van der Waals surface area (Å²) in [5, 5.41) is 4.00. The minimum atomic E-state index is -0.0540. The summed E-state index contributed by atoms with van der Waals surface area (Å²) in [6.07, 6.45) is 3.11. The molecule has 1 fully saturated rings. The van der Waals surface area contributed by atoms with Crippen molar-refractivity contribution in [2.45, 2.75) is 19.3 Å². The van der Waals surface area contributed by atoms with Gasteiger partial charge in [0.25, 0.3) is 5.91 Å². The van der Waals surface area contributed by atoms with E-state index < -0.39 is 0 Å². The number of aromatic nitrogens is 1. The van der Waals surface area contributed by atoms with Crippen LogP contribution in [0.1, 0.15) is 28.9 Å². The first-order chi connectivity index (χ1) is 13.7. The second-order valence-corrected chi connectivity index (χ2v) is 7.23. The van der Waals surface area contributed by atoms with E-state index in [4.69, 9.17) is 9.26 Å². The summed E-state index contributed by atoms with van der Waals surface area (Å²) in [6.45, 7) is 1.53. The second-order valence-electron chi connectivity index (χ2n) is 7.23. The van der Waals surface area contributed by atoms with Crippen molar-refractivity contribution in [1.82, 2.24) is 10.1 Å². The van der Waals surface area contributed by atoms with Gasteiger partial charge in [0.05, 0.1) is 7.11 Å². The van der Waals surface area contributed by atoms with Crippen LogP contribution in [0.3, 0.4) is 0 Å². The number of amides is 1. The fourth-order valence-electron chi connectivity index (χ4n) is 3.72. The van der Waals surface area contributed by atoms with Gasteiger partial charge in [0.2, 0.25) is 0 Å². The molecule has 1 aromatic heterocycles. The van der Waals surface area contributed by atoms with Crippen LogP contribution in [0.5, 0.6) is 5.75 Å². The molecule has 144 valence electrons. The van der Waals surface area contributed by atoms with Crippen molar-refractivity contribution in [1.29, 1.82) is 0 Å². The molecule has 1 amide bonds. The van der Waals surface area contributed by atoms with E-state index in [-0.39, 0.29) is 5.91 Å². The molecule has 0 radical (unpaired) electrons. The molecular formula is C23H24N2O3. The molecule has 0 unspecified atom stereocenters. The SMILES string of the molecule is COc1ccc(-c2cc(C(=O)N3CCC(Cc4ccccc4)CC3)no2)cc1. The molecule has 0 N–H and O–H groups in total. The van der Waals surface area contributed by atoms with Gasteiger partial charge in [-0.2, -0.15) is 0 Å². The van der Waals surface area contributed by atoms with E-state index >= 15 is 0 Å². The first-order valence-corrected chi connectivity index (χ1v) is 9.67. The van der Waals surface area contributed by atoms with E-state index in [2.05, 4.69) is 29.4 Å². The van der Waals surface area contributed by atoms with Gasteiger partial charge in [-0.15, -0.1) is 0 Å². The number of methoxy groups -OCH3 is 1. The Labute approximate surface area is 164 Å². The number of benzene rings is 2. The van der Waals surface area contributed by atoms with Gasteiger partial charge in [0, 0.05) is 24.7 Å². The highest BCUT2D eigenvalue weighted by Crippen LogP contribution is 2.26. The Balaban J connectivity index is 1.36. The third-order valence-electron chi connectivity index (χ3n) is 5.37. The smallest absolute Gasteiger partial charge is 0.276 e. The zero-order chi connectivity index (χ0) is 19.3. The monoisotopic (exact) mass is 376 g/mol. The number of carbonyl (C=O) groups excluding carboxylic acids is 1. The van der Waals surface area contributed by atoms with Gasteiger partial charge in [0.15, 0.2) is 11.5 Å². The second kappa shape index (κ2) is 8.30. The molecule has 5 heteroatoms. The molecule has 28 heavy (non-hydrogen) atoms. The Morgan fingerprint density at radius 2 is 1.82 bits per heavy atom. The van der Waals surface area contributed by atoms with Crippen LogP contribution in [-0.4, -0.2) is 36.2 Å². The molecule has 1 aliphatic rings. The van der Waals surface area contributed by atoms with Crippen molar-refractivity contribution in [2.24, 2.45) is 5.92 Å². The molecular weight excluding hydrogens is 352 g/mol. The number of piperidine rings is 1. The van der Waals surface area contributed by atoms with Crippen LogP contribution in [0, 0.1) is 5.92 Å². The quantitative estimate of drug-likeness (QED) is 0.660. The number of likely N-dealkylation sites (tertiary alicyclic amines) is 1. The molecule has 5 nitrogen and oxygen atoms in total. The molecule has 0 aliphatic carbocycles. The maximum Gasteiger partial charge on any atom is 0.276 e. The van der Waals surface area contributed by atoms with E-state index in [9.17, 15) is 4.79 Å². The zero-order valence-corrected chi connectivity index (χ0v) is 16.0. The molecule has 2 heterocycles. The number of nitrogens with zero attached hydrogens (tertiary/aromatic N) is 2. The third-order valence-corrected chi connectivity index (χ3v) is 5.37. The van der Waals surface area contributed by atoms with Gasteiger partial charge in [0.1, 0.15) is 5.75 Å². The van der Waals surface area contributed by atoms with Crippen molar-refractivity contribution >= 4 is 5.91 Å². The Kier molecular flexibility index (Phi) is 5.42. The summed E-state index contributed by atoms with van der Waals surface area (Å²) < 4.78 is 10.6. The number of hydrogen-bond donors (Lipinski definition) is 0. The first kappa shape index (κ1) is 18.3. The molecule has 1 saturated heterocycles. The highest BCUT2D eigenvalue weighted by molar-refractivity contribution is 5.93. The molecule has 1 aliphatic heterocycles. The Morgan fingerprint density at radius 1 is 1.11 bits per heavy atom. The van der Waals surface area contributed by atoms with E-state index in [0.29, 0.717) is 17.4 Å². The predicted molar refractivity (Wildman–Crippen MR) is 107 cm³/mol. The normalized spacial score (nSPS) is 14.8. The van der Waals surface area contributed by atoms with Gasteiger partial charge in [-0.05, 0) is 55.0 Å². The zero-order valence-electron chi connectivity index (χ0n) is 16.0. The predicted octanol–water partition coefficient (Wildman–Crippen LogP) is 4.45. The summed E-state index contributed by atoms with van der Waals surface area (Å²) in [5.41, 5.74) is 2.61. The van der Waals surface area contributed by atoms with E-state index in [1.165, 1.54) is 5.56 Å². The average Bonchev–Trinajstić information content (AvgIpc) is 3.25. The molecule has 0 atom stereocenters. The van der Waals surface area contributed by atoms with Gasteiger partial charge in [-0.25, -0.2) is 0 Å². The van der Waals surface area contributed by atoms with Crippen LogP contribution in [0.15, 0.2) is 65.2 Å². The first-order valence-electron chi connectivity index (χ1n) is 9.67. The molecule has 0 saturated carbocycles. The Morgan fingerprint density at radius 3 is 2.50 bits per heavy atom. The van der Waals surface area contributed by atoms with Gasteiger partial charge < -0.3 is 14.2 Å². The van der Waals surface area contributed by atoms with E-state index in [0.717, 1.165) is 43.7 Å². The maximum atomic E-state index is 12.8. The van der Waals surface area contributed by atoms with Crippen LogP contribution in [0.2, 0.25) is 0 Å². The van der Waals surface area contributed by atoms with Crippen LogP contribution < -0.4 is 4.74 Å². The van der Waals surface area contributed by atoms with Gasteiger partial charge >= 0.3 is 0 Å². The minimum Gasteiger partial charge on any atom is -0.497 e. The van der Waals surface area contributed by atoms with Crippen molar-refractivity contribution in [3.8, 4) is 17.1 Å². The standard InChI is InChI=1S/C23H24N2O3/c1-27-20-9-7-19(8-10-20)22-16-21(24-28-22)23(26)25-13-11-18(12-14-25)15-17-5-3-2-4-6-17/h2-10,16,18H,11-15H2,1H3. The van der Waals surface area contributed by atoms with Gasteiger partial charge in [-0.1, -0.05) is 35.5 Å². The fraction of sp³-hybridized carbons (Fsp3) is 0.304. The van der Waals surface area contributed by atoms with Gasteiger partial charge in [-0.3, -0.25) is 4.79 Å². The lowest BCUT2D eigenvalue weighted by Gasteiger charge is -2.31. The number of ether oxygens (including phenoxy) is 1. The lowest BCUT2D eigenvalue weighted by atomic mass is 9.90. The molecule has 2 aromatic carbocycles. The van der Waals surface area contributed by atoms with Crippen molar-refractivity contribution in [3.63, 3.8) is 0 Å². The van der Waals surface area contributed by atoms with Crippen LogP contribution in [0.25, 0.3) is 11.3 Å². The highest BCUT2D eigenvalue weighted by Gasteiger charge is 2.26. The molecule has 0 bridgehead atoms. The minimum absolute atomic E-state index is 0.0540. The highest BCUT2D eigenvalue weighted by atomic mass is 16.5. The summed E-state index contributed by atoms with van der Waals surface area (Å²) >= 11 is 0. The van der Waals surface area contributed by atoms with Crippen molar-refractivity contribution in [2.75, 3.05) is 20.2 Å². The topological polar surface area (TPSA) is 55.6 Å². The lowest BCUT2D eigenvalue weighted by molar-refractivity contribution is 0.0680. The largest absolute Gasteiger partial charge is 0.497 e. The fourth-order valence-corrected chi connectivity index (χ4v) is 3.72. The molecule has 3 aromatic rings. The van der Waals surface area contributed by atoms with Crippen molar-refractivity contribution < 1.29 is 14.1 Å². The van der Waals surface area contributed by atoms with E-state index in [1.54, 1.807) is 13.2 Å². The number of rotatable bonds is 5. The average molecular weight is 376 g/mol. The number of hydrogen-bond acceptors (Lipinski definition) is 4. The lowest BCUT2D eigenvalue weighted by Crippen LogP contribution is -2.39. The summed E-state index contributed by atoms with van der Waals surface area (Å²) in [5.74, 6) is 1.93. The van der Waals surface area contributed by atoms with Crippen molar-refractivity contribution in [3.05, 3.63) is 71.9 Å².